The van der Waals surface area contributed by atoms with Crippen molar-refractivity contribution in [3.8, 4) is 5.75 Å². The lowest BCUT2D eigenvalue weighted by molar-refractivity contribution is -0.140. The molecule has 0 radical (unpaired) electrons. The van der Waals surface area contributed by atoms with Gasteiger partial charge in [-0.2, -0.15) is 0 Å². The lowest BCUT2D eigenvalue weighted by atomic mass is 10.1. The zero-order chi connectivity index (χ0) is 18.4. The summed E-state index contributed by atoms with van der Waals surface area (Å²) >= 11 is 5.96. The van der Waals surface area contributed by atoms with Crippen LogP contribution in [0.5, 0.6) is 5.75 Å². The van der Waals surface area contributed by atoms with Gasteiger partial charge in [0.15, 0.2) is 6.61 Å². The van der Waals surface area contributed by atoms with Crippen molar-refractivity contribution in [1.82, 2.24) is 9.80 Å². The average Bonchev–Trinajstić information content (AvgIpc) is 2.67. The minimum absolute atomic E-state index is 0.0144. The quantitative estimate of drug-likeness (QED) is 0.810. The smallest absolute Gasteiger partial charge is 0.260 e. The normalized spacial score (nSPS) is 14.2. The highest BCUT2D eigenvalue weighted by molar-refractivity contribution is 6.30. The zero-order valence-electron chi connectivity index (χ0n) is 14.4. The van der Waals surface area contributed by atoms with Crippen molar-refractivity contribution in [3.63, 3.8) is 0 Å². The third-order valence-electron chi connectivity index (χ3n) is 4.33. The molecule has 1 heterocycles. The lowest BCUT2D eigenvalue weighted by Gasteiger charge is -2.34. The molecule has 1 aliphatic rings. The summed E-state index contributed by atoms with van der Waals surface area (Å²) in [6.07, 6.45) is 0.325. The molecule has 3 rings (SSSR count). The van der Waals surface area contributed by atoms with Crippen LogP contribution in [0.4, 0.5) is 0 Å². The van der Waals surface area contributed by atoms with Gasteiger partial charge in [0.1, 0.15) is 5.75 Å². The molecule has 0 aromatic heterocycles. The van der Waals surface area contributed by atoms with Gasteiger partial charge in [0, 0.05) is 31.2 Å². The molecular weight excluding hydrogens is 352 g/mol. The highest BCUT2D eigenvalue weighted by Gasteiger charge is 2.24. The molecule has 1 saturated heterocycles. The Morgan fingerprint density at radius 3 is 2.19 bits per heavy atom. The maximum absolute atomic E-state index is 12.4. The van der Waals surface area contributed by atoms with Crippen molar-refractivity contribution >= 4 is 23.4 Å². The van der Waals surface area contributed by atoms with E-state index in [0.29, 0.717) is 43.4 Å². The van der Waals surface area contributed by atoms with E-state index in [1.165, 1.54) is 0 Å². The van der Waals surface area contributed by atoms with Gasteiger partial charge in [0.2, 0.25) is 5.91 Å². The van der Waals surface area contributed by atoms with Crippen molar-refractivity contribution in [2.75, 3.05) is 32.8 Å². The number of halogens is 1. The van der Waals surface area contributed by atoms with Crippen LogP contribution in [0.1, 0.15) is 5.56 Å². The van der Waals surface area contributed by atoms with Gasteiger partial charge in [0.25, 0.3) is 5.91 Å². The van der Waals surface area contributed by atoms with Crippen LogP contribution >= 0.6 is 11.6 Å². The molecule has 0 atom stereocenters. The number of hydrogen-bond donors (Lipinski definition) is 0. The number of benzene rings is 2. The number of carbonyl (C=O) groups is 2. The fourth-order valence-corrected chi connectivity index (χ4v) is 3.10. The summed E-state index contributed by atoms with van der Waals surface area (Å²) in [7, 11) is 0. The van der Waals surface area contributed by atoms with E-state index in [0.717, 1.165) is 5.56 Å². The monoisotopic (exact) mass is 372 g/mol. The fourth-order valence-electron chi connectivity index (χ4n) is 2.89. The summed E-state index contributed by atoms with van der Waals surface area (Å²) in [6.45, 7) is 2.14. The van der Waals surface area contributed by atoms with Crippen molar-refractivity contribution in [2.45, 2.75) is 6.42 Å². The molecule has 0 saturated carbocycles. The Morgan fingerprint density at radius 1 is 0.885 bits per heavy atom. The summed E-state index contributed by atoms with van der Waals surface area (Å²) in [6, 6.07) is 16.6. The van der Waals surface area contributed by atoms with Gasteiger partial charge >= 0.3 is 0 Å². The van der Waals surface area contributed by atoms with Gasteiger partial charge in [-0.1, -0.05) is 41.9 Å². The molecule has 2 aromatic carbocycles. The van der Waals surface area contributed by atoms with Crippen LogP contribution in [0.3, 0.4) is 0 Å². The standard InChI is InChI=1S/C20H21ClN2O3/c21-17-6-4-5-16(13-17)14-19(24)22-9-11-23(12-10-22)20(25)15-26-18-7-2-1-3-8-18/h1-8,13H,9-12,14-15H2. The van der Waals surface area contributed by atoms with E-state index in [2.05, 4.69) is 0 Å². The van der Waals surface area contributed by atoms with E-state index >= 15 is 0 Å². The largest absolute Gasteiger partial charge is 0.484 e. The molecule has 0 aliphatic carbocycles. The van der Waals surface area contributed by atoms with Gasteiger partial charge in [-0.15, -0.1) is 0 Å². The maximum Gasteiger partial charge on any atom is 0.260 e. The van der Waals surface area contributed by atoms with Crippen molar-refractivity contribution in [3.05, 3.63) is 65.2 Å². The van der Waals surface area contributed by atoms with Gasteiger partial charge in [-0.25, -0.2) is 0 Å². The first-order chi connectivity index (χ1) is 12.6. The van der Waals surface area contributed by atoms with E-state index in [4.69, 9.17) is 16.3 Å². The molecule has 6 heteroatoms. The van der Waals surface area contributed by atoms with Crippen LogP contribution in [-0.2, 0) is 16.0 Å². The molecule has 0 N–H and O–H groups in total. The maximum atomic E-state index is 12.4. The van der Waals surface area contributed by atoms with Crippen molar-refractivity contribution in [2.24, 2.45) is 0 Å². The van der Waals surface area contributed by atoms with Gasteiger partial charge < -0.3 is 14.5 Å². The number of hydrogen-bond acceptors (Lipinski definition) is 3. The highest BCUT2D eigenvalue weighted by Crippen LogP contribution is 2.13. The summed E-state index contributed by atoms with van der Waals surface area (Å²) in [5.41, 5.74) is 0.900. The Hall–Kier alpha value is -2.53. The Morgan fingerprint density at radius 2 is 1.54 bits per heavy atom. The first kappa shape index (κ1) is 18.3. The second kappa shape index (κ2) is 8.72. The van der Waals surface area contributed by atoms with E-state index < -0.39 is 0 Å². The van der Waals surface area contributed by atoms with Crippen LogP contribution in [0.15, 0.2) is 54.6 Å². The van der Waals surface area contributed by atoms with Gasteiger partial charge in [-0.05, 0) is 29.8 Å². The molecule has 2 amide bonds. The highest BCUT2D eigenvalue weighted by atomic mass is 35.5. The molecule has 5 nitrogen and oxygen atoms in total. The van der Waals surface area contributed by atoms with Crippen molar-refractivity contribution in [1.29, 1.82) is 0 Å². The van der Waals surface area contributed by atoms with Crippen LogP contribution in [0, 0.1) is 0 Å². The number of ether oxygens (including phenoxy) is 1. The first-order valence-corrected chi connectivity index (χ1v) is 8.97. The summed E-state index contributed by atoms with van der Waals surface area (Å²) < 4.78 is 5.50. The van der Waals surface area contributed by atoms with E-state index in [9.17, 15) is 9.59 Å². The number of rotatable bonds is 5. The van der Waals surface area contributed by atoms with Crippen LogP contribution < -0.4 is 4.74 Å². The van der Waals surface area contributed by atoms with Crippen LogP contribution in [0.25, 0.3) is 0 Å². The van der Waals surface area contributed by atoms with Crippen LogP contribution in [0.2, 0.25) is 5.02 Å². The number of amides is 2. The molecule has 0 spiro atoms. The third-order valence-corrected chi connectivity index (χ3v) is 4.57. The first-order valence-electron chi connectivity index (χ1n) is 8.59. The van der Waals surface area contributed by atoms with Gasteiger partial charge in [0.05, 0.1) is 6.42 Å². The number of nitrogens with zero attached hydrogens (tertiary/aromatic N) is 2. The van der Waals surface area contributed by atoms with Gasteiger partial charge in [-0.3, -0.25) is 9.59 Å². The predicted molar refractivity (Wildman–Crippen MR) is 100 cm³/mol. The lowest BCUT2D eigenvalue weighted by Crippen LogP contribution is -2.52. The van der Waals surface area contributed by atoms with Crippen molar-refractivity contribution < 1.29 is 14.3 Å². The molecule has 1 aliphatic heterocycles. The molecule has 2 aromatic rings. The second-order valence-corrected chi connectivity index (χ2v) is 6.61. The number of piperazine rings is 1. The Kier molecular flexibility index (Phi) is 6.12. The Balaban J connectivity index is 1.44. The van der Waals surface area contributed by atoms with Crippen LogP contribution in [-0.4, -0.2) is 54.4 Å². The minimum atomic E-state index is -0.0595. The SMILES string of the molecule is O=C(COc1ccccc1)N1CCN(C(=O)Cc2cccc(Cl)c2)CC1. The average molecular weight is 373 g/mol. The topological polar surface area (TPSA) is 49.9 Å². The van der Waals surface area contributed by atoms with E-state index in [-0.39, 0.29) is 18.4 Å². The van der Waals surface area contributed by atoms with E-state index in [1.807, 2.05) is 42.5 Å². The number of carbonyl (C=O) groups excluding carboxylic acids is 2. The minimum Gasteiger partial charge on any atom is -0.484 e. The molecule has 0 bridgehead atoms. The predicted octanol–water partition coefficient (Wildman–Crippen LogP) is 2.63. The third kappa shape index (κ3) is 4.99. The Bertz CT molecular complexity index is 759. The second-order valence-electron chi connectivity index (χ2n) is 6.17. The Labute approximate surface area is 158 Å². The molecule has 0 unspecified atom stereocenters. The molecule has 1 fully saturated rings. The zero-order valence-corrected chi connectivity index (χ0v) is 15.2. The molecule has 26 heavy (non-hydrogen) atoms. The summed E-state index contributed by atoms with van der Waals surface area (Å²) in [5.74, 6) is 0.673. The fraction of sp³-hybridized carbons (Fsp3) is 0.300. The summed E-state index contributed by atoms with van der Waals surface area (Å²) in [4.78, 5) is 28.2. The molecule has 136 valence electrons. The molecular formula is C20H21ClN2O3. The van der Waals surface area contributed by atoms with E-state index in [1.54, 1.807) is 21.9 Å². The summed E-state index contributed by atoms with van der Waals surface area (Å²) in [5, 5.41) is 0.629. The number of para-hydroxylation sites is 1.